The molecule has 0 aromatic heterocycles. The Balaban J connectivity index is 2.08. The summed E-state index contributed by atoms with van der Waals surface area (Å²) >= 11 is 0. The summed E-state index contributed by atoms with van der Waals surface area (Å²) in [6, 6.07) is 7.10. The van der Waals surface area contributed by atoms with Crippen LogP contribution in [0, 0.1) is 16.7 Å². The van der Waals surface area contributed by atoms with Crippen LogP contribution in [0.1, 0.15) is 39.2 Å². The molecule has 0 bridgehead atoms. The maximum atomic E-state index is 14.1. The van der Waals surface area contributed by atoms with Crippen molar-refractivity contribution in [1.82, 2.24) is 0 Å². The van der Waals surface area contributed by atoms with Gasteiger partial charge in [-0.1, -0.05) is 38.1 Å². The monoisotopic (exact) mass is 422 g/mol. The summed E-state index contributed by atoms with van der Waals surface area (Å²) in [5, 5.41) is 8.60. The first kappa shape index (κ1) is 21.0. The summed E-state index contributed by atoms with van der Waals surface area (Å²) in [6.07, 6.45) is 2.21. The molecule has 162 valence electrons. The van der Waals surface area contributed by atoms with Gasteiger partial charge in [0.05, 0.1) is 12.2 Å². The van der Waals surface area contributed by atoms with E-state index >= 15 is 0 Å². The lowest BCUT2D eigenvalue weighted by Gasteiger charge is -2.45. The Labute approximate surface area is 181 Å². The number of esters is 1. The number of nitrogens with one attached hydrogen (secondary N) is 1. The molecular weight excluding hydrogens is 396 g/mol. The van der Waals surface area contributed by atoms with Crippen molar-refractivity contribution in [2.45, 2.75) is 39.0 Å². The first-order valence-electron chi connectivity index (χ1n) is 10.4. The van der Waals surface area contributed by atoms with Gasteiger partial charge in [-0.15, -0.1) is 6.58 Å². The van der Waals surface area contributed by atoms with E-state index in [-0.39, 0.29) is 42.2 Å². The van der Waals surface area contributed by atoms with Gasteiger partial charge in [0.2, 0.25) is 11.8 Å². The standard InChI is InChI=1S/C24H26N2O5/c1-5-11-26-15-10-8-7-9-14(15)24(22(26)29)18-16(27)12-23(3,4)13-17(18)31-20(25)19(24)21(28)30-6-2/h5,7-10,19,25H,1,6,11-13H2,2-4H3. The van der Waals surface area contributed by atoms with Gasteiger partial charge in [-0.05, 0) is 24.0 Å². The number of carbonyl (C=O) groups excluding carboxylic acids is 3. The van der Waals surface area contributed by atoms with E-state index in [4.69, 9.17) is 14.9 Å². The molecule has 31 heavy (non-hydrogen) atoms. The van der Waals surface area contributed by atoms with Crippen LogP contribution in [0.15, 0.2) is 48.3 Å². The van der Waals surface area contributed by atoms with Crippen LogP contribution in [0.5, 0.6) is 0 Å². The predicted octanol–water partition coefficient (Wildman–Crippen LogP) is 3.29. The highest BCUT2D eigenvalue weighted by Crippen LogP contribution is 2.57. The first-order chi connectivity index (χ1) is 14.7. The number of fused-ring (bicyclic) bond motifs is 3. The van der Waals surface area contributed by atoms with Crippen molar-refractivity contribution >= 4 is 29.2 Å². The molecule has 2 unspecified atom stereocenters. The van der Waals surface area contributed by atoms with E-state index in [2.05, 4.69) is 6.58 Å². The van der Waals surface area contributed by atoms with Crippen LogP contribution in [0.4, 0.5) is 5.69 Å². The Morgan fingerprint density at radius 2 is 2.03 bits per heavy atom. The van der Waals surface area contributed by atoms with Crippen molar-refractivity contribution in [1.29, 1.82) is 5.41 Å². The summed E-state index contributed by atoms with van der Waals surface area (Å²) in [5.41, 5.74) is -0.750. The zero-order chi connectivity index (χ0) is 22.6. The van der Waals surface area contributed by atoms with Gasteiger partial charge in [-0.2, -0.15) is 0 Å². The number of allylic oxidation sites excluding steroid dienone is 1. The Hall–Kier alpha value is -3.22. The molecule has 0 fully saturated rings. The zero-order valence-corrected chi connectivity index (χ0v) is 18.0. The van der Waals surface area contributed by atoms with Crippen LogP contribution >= 0.6 is 0 Å². The highest BCUT2D eigenvalue weighted by Gasteiger charge is 2.67. The molecular formula is C24H26N2O5. The third-order valence-electron chi connectivity index (χ3n) is 6.19. The number of hydrogen-bond donors (Lipinski definition) is 1. The van der Waals surface area contributed by atoms with Gasteiger partial charge in [0.25, 0.3) is 0 Å². The fourth-order valence-electron chi connectivity index (χ4n) is 5.14. The maximum absolute atomic E-state index is 14.1. The third-order valence-corrected chi connectivity index (χ3v) is 6.19. The normalized spacial score (nSPS) is 26.5. The number of benzene rings is 1. The van der Waals surface area contributed by atoms with Gasteiger partial charge in [-0.3, -0.25) is 19.8 Å². The van der Waals surface area contributed by atoms with Crippen molar-refractivity contribution in [2.24, 2.45) is 11.3 Å². The summed E-state index contributed by atoms with van der Waals surface area (Å²) in [4.78, 5) is 42.2. The minimum atomic E-state index is -1.68. The highest BCUT2D eigenvalue weighted by molar-refractivity contribution is 6.23. The molecule has 0 radical (unpaired) electrons. The van der Waals surface area contributed by atoms with Crippen molar-refractivity contribution < 1.29 is 23.9 Å². The van der Waals surface area contributed by atoms with Crippen molar-refractivity contribution in [3.05, 3.63) is 53.8 Å². The molecule has 4 rings (SSSR count). The number of carbonyl (C=O) groups is 3. The molecule has 1 aliphatic carbocycles. The van der Waals surface area contributed by atoms with E-state index in [1.165, 1.54) is 4.90 Å². The van der Waals surface area contributed by atoms with E-state index in [9.17, 15) is 14.4 Å². The van der Waals surface area contributed by atoms with Crippen molar-refractivity contribution in [2.75, 3.05) is 18.1 Å². The number of ketones is 1. The third kappa shape index (κ3) is 2.86. The van der Waals surface area contributed by atoms with Gasteiger partial charge in [0.1, 0.15) is 11.2 Å². The van der Waals surface area contributed by atoms with Crippen molar-refractivity contribution in [3.8, 4) is 0 Å². The lowest BCUT2D eigenvalue weighted by molar-refractivity contribution is -0.150. The summed E-state index contributed by atoms with van der Waals surface area (Å²) < 4.78 is 11.0. The molecule has 2 atom stereocenters. The average molecular weight is 422 g/mol. The second-order valence-corrected chi connectivity index (χ2v) is 8.92. The molecule has 0 saturated carbocycles. The van der Waals surface area contributed by atoms with Gasteiger partial charge < -0.3 is 14.4 Å². The minimum Gasteiger partial charge on any atom is -0.465 e. The quantitative estimate of drug-likeness (QED) is 0.593. The fraction of sp³-hybridized carbons (Fsp3) is 0.417. The number of rotatable bonds is 4. The maximum Gasteiger partial charge on any atom is 0.320 e. The topological polar surface area (TPSA) is 96.8 Å². The fourth-order valence-corrected chi connectivity index (χ4v) is 5.14. The first-order valence-corrected chi connectivity index (χ1v) is 10.4. The van der Waals surface area contributed by atoms with Crippen molar-refractivity contribution in [3.63, 3.8) is 0 Å². The van der Waals surface area contributed by atoms with Crippen LogP contribution in [0.3, 0.4) is 0 Å². The molecule has 2 aliphatic heterocycles. The van der Waals surface area contributed by atoms with E-state index in [1.807, 2.05) is 13.8 Å². The van der Waals surface area contributed by atoms with Crippen LogP contribution in [0.2, 0.25) is 0 Å². The largest absolute Gasteiger partial charge is 0.465 e. The number of amides is 1. The number of hydrogen-bond acceptors (Lipinski definition) is 6. The van der Waals surface area contributed by atoms with Crippen LogP contribution in [0.25, 0.3) is 0 Å². The SMILES string of the molecule is C=CCN1C(=O)C2(C3=C(CC(C)(C)CC3=O)OC(=N)C2C(=O)OCC)c2ccccc21. The summed E-state index contributed by atoms with van der Waals surface area (Å²) in [7, 11) is 0. The minimum absolute atomic E-state index is 0.0811. The lowest BCUT2D eigenvalue weighted by Crippen LogP contribution is -2.58. The Morgan fingerprint density at radius 3 is 2.71 bits per heavy atom. The van der Waals surface area contributed by atoms with Crippen LogP contribution in [-0.2, 0) is 29.3 Å². The molecule has 0 saturated heterocycles. The number of ether oxygens (including phenoxy) is 2. The van der Waals surface area contributed by atoms with Gasteiger partial charge in [-0.25, -0.2) is 0 Å². The molecule has 7 heteroatoms. The van der Waals surface area contributed by atoms with Gasteiger partial charge in [0.15, 0.2) is 11.7 Å². The number of nitrogens with zero attached hydrogens (tertiary/aromatic N) is 1. The second-order valence-electron chi connectivity index (χ2n) is 8.92. The molecule has 1 amide bonds. The van der Waals surface area contributed by atoms with E-state index < -0.39 is 23.2 Å². The Bertz CT molecular complexity index is 1050. The molecule has 1 spiro atoms. The van der Waals surface area contributed by atoms with E-state index in [0.717, 1.165) is 0 Å². The number of para-hydroxylation sites is 1. The van der Waals surface area contributed by atoms with Gasteiger partial charge >= 0.3 is 5.97 Å². The molecule has 7 nitrogen and oxygen atoms in total. The smallest absolute Gasteiger partial charge is 0.320 e. The lowest BCUT2D eigenvalue weighted by atomic mass is 9.59. The predicted molar refractivity (Wildman–Crippen MR) is 115 cm³/mol. The molecule has 1 aromatic rings. The Kier molecular flexibility index (Phi) is 4.87. The highest BCUT2D eigenvalue weighted by atomic mass is 16.5. The summed E-state index contributed by atoms with van der Waals surface area (Å²) in [6.45, 7) is 9.59. The Morgan fingerprint density at radius 1 is 1.32 bits per heavy atom. The number of anilines is 1. The zero-order valence-electron chi connectivity index (χ0n) is 18.0. The molecule has 1 aromatic carbocycles. The van der Waals surface area contributed by atoms with E-state index in [1.54, 1.807) is 37.3 Å². The van der Waals surface area contributed by atoms with E-state index in [0.29, 0.717) is 23.4 Å². The second kappa shape index (κ2) is 7.18. The molecule has 3 aliphatic rings. The molecule has 1 N–H and O–H groups in total. The number of Topliss-reactive ketones (excluding diaryl/α,β-unsaturated/α-hetero) is 1. The summed E-state index contributed by atoms with van der Waals surface area (Å²) in [5.74, 6) is -2.86. The van der Waals surface area contributed by atoms with Crippen LogP contribution in [-0.4, -0.2) is 36.7 Å². The van der Waals surface area contributed by atoms with Gasteiger partial charge in [0, 0.05) is 25.1 Å². The molecule has 2 heterocycles. The van der Waals surface area contributed by atoms with Crippen LogP contribution < -0.4 is 4.90 Å². The average Bonchev–Trinajstić information content (AvgIpc) is 2.91.